The van der Waals surface area contributed by atoms with Crippen LogP contribution in [0.25, 0.3) is 0 Å². The lowest BCUT2D eigenvalue weighted by molar-refractivity contribution is 0.340. The van der Waals surface area contributed by atoms with Crippen LogP contribution in [0.3, 0.4) is 0 Å². The Hall–Kier alpha value is -0.440. The van der Waals surface area contributed by atoms with Gasteiger partial charge in [-0.05, 0) is 37.6 Å². The fraction of sp³-hybridized carbons (Fsp3) is 0.625. The molecule has 1 N–H and O–H groups in total. The topological polar surface area (TPSA) is 21.3 Å². The molecule has 0 bridgehead atoms. The molecule has 0 aromatic heterocycles. The largest absolute Gasteiger partial charge is 0.491 e. The standard InChI is InChI=1S/C16H25Cl2NO/c1-3-5-6-7-8-9-19-12-13-10-14(17)16(20-4-2)15(18)11-13/h10-11,19H,3-9,12H2,1-2H3. The van der Waals surface area contributed by atoms with Crippen molar-refractivity contribution in [2.75, 3.05) is 13.2 Å². The van der Waals surface area contributed by atoms with Gasteiger partial charge in [0.25, 0.3) is 0 Å². The molecule has 0 aliphatic heterocycles. The van der Waals surface area contributed by atoms with Crippen LogP contribution in [0, 0.1) is 0 Å². The summed E-state index contributed by atoms with van der Waals surface area (Å²) in [4.78, 5) is 0. The van der Waals surface area contributed by atoms with Gasteiger partial charge in [0.2, 0.25) is 0 Å². The van der Waals surface area contributed by atoms with Gasteiger partial charge in [0.15, 0.2) is 5.75 Å². The summed E-state index contributed by atoms with van der Waals surface area (Å²) in [5.74, 6) is 0.583. The minimum atomic E-state index is 0.564. The van der Waals surface area contributed by atoms with Crippen molar-refractivity contribution in [3.05, 3.63) is 27.7 Å². The van der Waals surface area contributed by atoms with E-state index in [0.717, 1.165) is 18.7 Å². The van der Waals surface area contributed by atoms with Crippen LogP contribution < -0.4 is 10.1 Å². The highest BCUT2D eigenvalue weighted by molar-refractivity contribution is 6.37. The van der Waals surface area contributed by atoms with Gasteiger partial charge in [-0.2, -0.15) is 0 Å². The molecule has 0 aliphatic carbocycles. The Morgan fingerprint density at radius 1 is 1.00 bits per heavy atom. The minimum absolute atomic E-state index is 0.564. The summed E-state index contributed by atoms with van der Waals surface area (Å²) in [6, 6.07) is 3.84. The van der Waals surface area contributed by atoms with Crippen molar-refractivity contribution < 1.29 is 4.74 Å². The monoisotopic (exact) mass is 317 g/mol. The van der Waals surface area contributed by atoms with Crippen LogP contribution in [0.4, 0.5) is 0 Å². The Morgan fingerprint density at radius 3 is 2.25 bits per heavy atom. The highest BCUT2D eigenvalue weighted by atomic mass is 35.5. The molecule has 0 amide bonds. The molecule has 4 heteroatoms. The summed E-state index contributed by atoms with van der Waals surface area (Å²) >= 11 is 12.3. The second-order valence-corrected chi connectivity index (χ2v) is 5.73. The molecule has 2 nitrogen and oxygen atoms in total. The number of nitrogens with one attached hydrogen (secondary N) is 1. The van der Waals surface area contributed by atoms with Crippen LogP contribution in [0.5, 0.6) is 5.75 Å². The fourth-order valence-corrected chi connectivity index (χ4v) is 2.72. The molecule has 0 saturated heterocycles. The maximum absolute atomic E-state index is 6.17. The summed E-state index contributed by atoms with van der Waals surface area (Å²) in [5.41, 5.74) is 1.09. The summed E-state index contributed by atoms with van der Waals surface area (Å²) in [6.07, 6.45) is 6.48. The zero-order valence-corrected chi connectivity index (χ0v) is 14.0. The van der Waals surface area contributed by atoms with Crippen molar-refractivity contribution in [2.45, 2.75) is 52.5 Å². The zero-order chi connectivity index (χ0) is 14.8. The highest BCUT2D eigenvalue weighted by Gasteiger charge is 2.08. The molecule has 20 heavy (non-hydrogen) atoms. The van der Waals surface area contributed by atoms with Gasteiger partial charge in [0, 0.05) is 6.54 Å². The second-order valence-electron chi connectivity index (χ2n) is 4.91. The van der Waals surface area contributed by atoms with Gasteiger partial charge in [-0.15, -0.1) is 0 Å². The Morgan fingerprint density at radius 2 is 1.65 bits per heavy atom. The number of unbranched alkanes of at least 4 members (excludes halogenated alkanes) is 4. The van der Waals surface area contributed by atoms with Crippen molar-refractivity contribution in [3.8, 4) is 5.75 Å². The molecule has 0 radical (unpaired) electrons. The lowest BCUT2D eigenvalue weighted by atomic mass is 10.1. The lowest BCUT2D eigenvalue weighted by Crippen LogP contribution is -2.14. The molecular weight excluding hydrogens is 293 g/mol. The van der Waals surface area contributed by atoms with Gasteiger partial charge >= 0.3 is 0 Å². The van der Waals surface area contributed by atoms with Crippen LogP contribution >= 0.6 is 23.2 Å². The van der Waals surface area contributed by atoms with Crippen molar-refractivity contribution in [3.63, 3.8) is 0 Å². The summed E-state index contributed by atoms with van der Waals surface area (Å²) in [7, 11) is 0. The van der Waals surface area contributed by atoms with E-state index in [-0.39, 0.29) is 0 Å². The first-order valence-electron chi connectivity index (χ1n) is 7.50. The third kappa shape index (κ3) is 6.34. The predicted molar refractivity (Wildman–Crippen MR) is 88.1 cm³/mol. The first kappa shape index (κ1) is 17.6. The number of hydrogen-bond donors (Lipinski definition) is 1. The molecule has 0 fully saturated rings. The fourth-order valence-electron chi connectivity index (χ4n) is 2.08. The SMILES string of the molecule is CCCCCCCNCc1cc(Cl)c(OCC)c(Cl)c1. The number of ether oxygens (including phenoxy) is 1. The summed E-state index contributed by atoms with van der Waals surface area (Å²) in [6.45, 7) is 6.54. The van der Waals surface area contributed by atoms with E-state index in [1.165, 1.54) is 32.1 Å². The molecule has 0 atom stereocenters. The normalized spacial score (nSPS) is 10.8. The molecule has 0 saturated carbocycles. The average molecular weight is 318 g/mol. The molecule has 1 aromatic rings. The Kier molecular flexibility index (Phi) is 9.08. The third-order valence-electron chi connectivity index (χ3n) is 3.13. The Labute approximate surface area is 132 Å². The van der Waals surface area contributed by atoms with Crippen LogP contribution in [0.15, 0.2) is 12.1 Å². The maximum Gasteiger partial charge on any atom is 0.156 e. The van der Waals surface area contributed by atoms with E-state index in [2.05, 4.69) is 12.2 Å². The Bertz CT molecular complexity index is 373. The van der Waals surface area contributed by atoms with Gasteiger partial charge in [-0.1, -0.05) is 55.8 Å². The molecule has 0 heterocycles. The lowest BCUT2D eigenvalue weighted by Gasteiger charge is -2.11. The number of benzene rings is 1. The van der Waals surface area contributed by atoms with Gasteiger partial charge in [-0.3, -0.25) is 0 Å². The van der Waals surface area contributed by atoms with Crippen LogP contribution in [-0.4, -0.2) is 13.2 Å². The van der Waals surface area contributed by atoms with Crippen molar-refractivity contribution in [1.29, 1.82) is 0 Å². The minimum Gasteiger partial charge on any atom is -0.491 e. The number of halogens is 2. The molecular formula is C16H25Cl2NO. The zero-order valence-electron chi connectivity index (χ0n) is 12.5. The van der Waals surface area contributed by atoms with E-state index < -0.39 is 0 Å². The van der Waals surface area contributed by atoms with Crippen molar-refractivity contribution in [2.24, 2.45) is 0 Å². The van der Waals surface area contributed by atoms with E-state index in [0.29, 0.717) is 22.4 Å². The van der Waals surface area contributed by atoms with Gasteiger partial charge in [-0.25, -0.2) is 0 Å². The van der Waals surface area contributed by atoms with Crippen LogP contribution in [-0.2, 0) is 6.54 Å². The quantitative estimate of drug-likeness (QED) is 0.579. The van der Waals surface area contributed by atoms with Crippen molar-refractivity contribution in [1.82, 2.24) is 5.32 Å². The smallest absolute Gasteiger partial charge is 0.156 e. The first-order chi connectivity index (χ1) is 9.69. The average Bonchev–Trinajstić information content (AvgIpc) is 2.42. The number of hydrogen-bond acceptors (Lipinski definition) is 2. The van der Waals surface area contributed by atoms with Gasteiger partial charge in [0.1, 0.15) is 0 Å². The molecule has 1 aromatic carbocycles. The predicted octanol–water partition coefficient (Wildman–Crippen LogP) is 5.45. The van der Waals surface area contributed by atoms with Crippen LogP contribution in [0.2, 0.25) is 10.0 Å². The third-order valence-corrected chi connectivity index (χ3v) is 3.69. The van der Waals surface area contributed by atoms with E-state index in [1.54, 1.807) is 0 Å². The van der Waals surface area contributed by atoms with Gasteiger partial charge in [0.05, 0.1) is 16.7 Å². The van der Waals surface area contributed by atoms with Crippen LogP contribution in [0.1, 0.15) is 51.5 Å². The van der Waals surface area contributed by atoms with Gasteiger partial charge < -0.3 is 10.1 Å². The van der Waals surface area contributed by atoms with E-state index in [4.69, 9.17) is 27.9 Å². The summed E-state index contributed by atoms with van der Waals surface area (Å²) in [5, 5.41) is 4.59. The molecule has 0 aliphatic rings. The number of rotatable bonds is 10. The van der Waals surface area contributed by atoms with E-state index in [1.807, 2.05) is 19.1 Å². The highest BCUT2D eigenvalue weighted by Crippen LogP contribution is 2.34. The van der Waals surface area contributed by atoms with E-state index >= 15 is 0 Å². The Balaban J connectivity index is 2.34. The second kappa shape index (κ2) is 10.3. The summed E-state index contributed by atoms with van der Waals surface area (Å²) < 4.78 is 5.42. The van der Waals surface area contributed by atoms with E-state index in [9.17, 15) is 0 Å². The first-order valence-corrected chi connectivity index (χ1v) is 8.26. The van der Waals surface area contributed by atoms with Crippen molar-refractivity contribution >= 4 is 23.2 Å². The molecule has 0 spiro atoms. The molecule has 114 valence electrons. The molecule has 1 rings (SSSR count). The molecule has 0 unspecified atom stereocenters. The maximum atomic E-state index is 6.17.